The van der Waals surface area contributed by atoms with E-state index in [0.29, 0.717) is 0 Å². The third-order valence-corrected chi connectivity index (χ3v) is 2.18. The monoisotopic (exact) mass is 198 g/mol. The van der Waals surface area contributed by atoms with Crippen LogP contribution in [0.1, 0.15) is 0 Å². The van der Waals surface area contributed by atoms with Gasteiger partial charge in [0.15, 0.2) is 0 Å². The van der Waals surface area contributed by atoms with Crippen molar-refractivity contribution in [1.82, 2.24) is 0 Å². The fourth-order valence-electron chi connectivity index (χ4n) is 1.23. The van der Waals surface area contributed by atoms with Crippen LogP contribution in [0.25, 0.3) is 0 Å². The Morgan fingerprint density at radius 1 is 0.769 bits per heavy atom. The lowest BCUT2D eigenvalue weighted by Crippen LogP contribution is -2.68. The number of aliphatic hydroxyl groups is 6. The first kappa shape index (κ1) is 10.8. The Hall–Kier alpha value is -0.310. The lowest BCUT2D eigenvalue weighted by molar-refractivity contribution is -0.314. The Kier molecular flexibility index (Phi) is 2.59. The first-order valence-corrected chi connectivity index (χ1v) is 3.61. The molecule has 78 valence electrons. The van der Waals surface area contributed by atoms with E-state index in [1.165, 1.54) is 0 Å². The second kappa shape index (κ2) is 3.12. The van der Waals surface area contributed by atoms with Gasteiger partial charge in [-0.15, -0.1) is 0 Å². The Labute approximate surface area is 72.5 Å². The molecule has 1 fully saturated rings. The van der Waals surface area contributed by atoms with Gasteiger partial charge >= 0.3 is 0 Å². The van der Waals surface area contributed by atoms with Crippen molar-refractivity contribution in [2.24, 2.45) is 0 Å². The molecule has 6 N–H and O–H groups in total. The molecule has 0 aromatic rings. The van der Waals surface area contributed by atoms with E-state index in [-0.39, 0.29) is 0 Å². The Balaban J connectivity index is 2.93. The van der Waals surface area contributed by atoms with Crippen molar-refractivity contribution in [2.75, 3.05) is 0 Å². The van der Waals surface area contributed by atoms with Gasteiger partial charge in [-0.05, 0) is 0 Å². The fourth-order valence-corrected chi connectivity index (χ4v) is 1.23. The smallest absolute Gasteiger partial charge is 0.264 e. The third-order valence-electron chi connectivity index (χ3n) is 2.18. The first-order chi connectivity index (χ1) is 5.80. The molecule has 13 heavy (non-hydrogen) atoms. The van der Waals surface area contributed by atoms with Crippen LogP contribution in [0.5, 0.6) is 0 Å². The molecule has 0 radical (unpaired) electrons. The maximum absolute atomic E-state index is 13.0. The Morgan fingerprint density at radius 2 is 1.08 bits per heavy atom. The van der Waals surface area contributed by atoms with Gasteiger partial charge in [-0.1, -0.05) is 0 Å². The number of rotatable bonds is 0. The quantitative estimate of drug-likeness (QED) is 0.240. The van der Waals surface area contributed by atoms with Crippen molar-refractivity contribution < 1.29 is 35.0 Å². The van der Waals surface area contributed by atoms with Crippen molar-refractivity contribution in [1.29, 1.82) is 0 Å². The normalized spacial score (nSPS) is 57.9. The van der Waals surface area contributed by atoms with Crippen molar-refractivity contribution in [2.45, 2.75) is 36.4 Å². The lowest BCUT2D eigenvalue weighted by Gasteiger charge is -2.42. The summed E-state index contributed by atoms with van der Waals surface area (Å²) in [5, 5.41) is 53.2. The minimum atomic E-state index is -3.53. The average molecular weight is 198 g/mol. The molecule has 0 amide bonds. The minimum Gasteiger partial charge on any atom is -0.387 e. The molecule has 0 saturated heterocycles. The van der Waals surface area contributed by atoms with Crippen molar-refractivity contribution in [3.05, 3.63) is 0 Å². The second-order valence-corrected chi connectivity index (χ2v) is 3.09. The van der Waals surface area contributed by atoms with Gasteiger partial charge in [0.25, 0.3) is 5.85 Å². The topological polar surface area (TPSA) is 121 Å². The summed E-state index contributed by atoms with van der Waals surface area (Å²) in [6, 6.07) is 0. The summed E-state index contributed by atoms with van der Waals surface area (Å²) in [7, 11) is 0. The van der Waals surface area contributed by atoms with E-state index in [4.69, 9.17) is 30.6 Å². The van der Waals surface area contributed by atoms with E-state index in [1.54, 1.807) is 0 Å². The second-order valence-electron chi connectivity index (χ2n) is 3.09. The Bertz CT molecular complexity index is 180. The minimum absolute atomic E-state index is 1.90. The molecule has 1 aliphatic carbocycles. The molecule has 6 nitrogen and oxygen atoms in total. The van der Waals surface area contributed by atoms with E-state index in [9.17, 15) is 4.39 Å². The highest BCUT2D eigenvalue weighted by molar-refractivity contribution is 5.02. The third kappa shape index (κ3) is 1.43. The van der Waals surface area contributed by atoms with Crippen molar-refractivity contribution in [3.8, 4) is 0 Å². The number of alkyl halides is 1. The highest BCUT2D eigenvalue weighted by Gasteiger charge is 2.58. The van der Waals surface area contributed by atoms with Crippen LogP contribution in [0.4, 0.5) is 4.39 Å². The predicted molar refractivity (Wildman–Crippen MR) is 36.1 cm³/mol. The molecule has 0 spiro atoms. The van der Waals surface area contributed by atoms with Gasteiger partial charge in [-0.2, -0.15) is 0 Å². The van der Waals surface area contributed by atoms with Gasteiger partial charge < -0.3 is 30.6 Å². The first-order valence-electron chi connectivity index (χ1n) is 3.61. The number of hydrogen-bond acceptors (Lipinski definition) is 6. The zero-order valence-electron chi connectivity index (χ0n) is 6.45. The summed E-state index contributed by atoms with van der Waals surface area (Å²) in [5.41, 5.74) is 0. The van der Waals surface area contributed by atoms with Crippen molar-refractivity contribution in [3.63, 3.8) is 0 Å². The number of hydrogen-bond donors (Lipinski definition) is 6. The van der Waals surface area contributed by atoms with Gasteiger partial charge in [0.1, 0.15) is 30.5 Å². The van der Waals surface area contributed by atoms with Crippen LogP contribution in [0.15, 0.2) is 0 Å². The molecule has 1 saturated carbocycles. The largest absolute Gasteiger partial charge is 0.387 e. The molecule has 1 rings (SSSR count). The van der Waals surface area contributed by atoms with Crippen LogP contribution >= 0.6 is 0 Å². The molecule has 7 heteroatoms. The van der Waals surface area contributed by atoms with Crippen molar-refractivity contribution >= 4 is 0 Å². The van der Waals surface area contributed by atoms with E-state index in [0.717, 1.165) is 0 Å². The molecular weight excluding hydrogens is 187 g/mol. The highest BCUT2D eigenvalue weighted by atomic mass is 19.2. The number of halogens is 1. The lowest BCUT2D eigenvalue weighted by atomic mass is 9.83. The number of aliphatic hydroxyl groups excluding tert-OH is 5. The van der Waals surface area contributed by atoms with Gasteiger partial charge in [0, 0.05) is 0 Å². The molecule has 0 heterocycles. The van der Waals surface area contributed by atoms with E-state index in [2.05, 4.69) is 0 Å². The molecule has 0 aromatic heterocycles. The van der Waals surface area contributed by atoms with Gasteiger partial charge in [-0.3, -0.25) is 0 Å². The highest BCUT2D eigenvalue weighted by Crippen LogP contribution is 2.31. The molecule has 0 bridgehead atoms. The van der Waals surface area contributed by atoms with Crippen LogP contribution in [-0.4, -0.2) is 67.0 Å². The van der Waals surface area contributed by atoms with Crippen LogP contribution in [0.3, 0.4) is 0 Å². The molecule has 0 aromatic carbocycles. The van der Waals surface area contributed by atoms with E-state index >= 15 is 0 Å². The SMILES string of the molecule is OC1[C@@H](O)[C@@H](O)C(O)(F)[C@@H](O)[C@@H]1O. The molecule has 2 unspecified atom stereocenters. The zero-order valence-corrected chi connectivity index (χ0v) is 6.45. The maximum atomic E-state index is 13.0. The standard InChI is InChI=1S/C6H11FO6/c7-6(13)4(11)2(9)1(8)3(10)5(6)12/h1-5,8-13H/t1?,2-,3-,4-,5+,6?/m1/s1. The summed E-state index contributed by atoms with van der Waals surface area (Å²) in [5.74, 6) is -3.53. The van der Waals surface area contributed by atoms with Gasteiger partial charge in [-0.25, -0.2) is 4.39 Å². The zero-order chi connectivity index (χ0) is 10.4. The average Bonchev–Trinajstić information content (AvgIpc) is 2.09. The van der Waals surface area contributed by atoms with Crippen LogP contribution < -0.4 is 0 Å². The van der Waals surface area contributed by atoms with Gasteiger partial charge in [0.2, 0.25) is 0 Å². The summed E-state index contributed by atoms with van der Waals surface area (Å²) >= 11 is 0. The van der Waals surface area contributed by atoms with Crippen LogP contribution in [0, 0.1) is 0 Å². The summed E-state index contributed by atoms with van der Waals surface area (Å²) in [6.45, 7) is 0. The van der Waals surface area contributed by atoms with E-state index in [1.807, 2.05) is 0 Å². The van der Waals surface area contributed by atoms with Crippen LogP contribution in [-0.2, 0) is 0 Å². The summed E-state index contributed by atoms with van der Waals surface area (Å²) < 4.78 is 13.0. The van der Waals surface area contributed by atoms with Gasteiger partial charge in [0.05, 0.1) is 0 Å². The molecule has 6 atom stereocenters. The Morgan fingerprint density at radius 3 is 1.38 bits per heavy atom. The van der Waals surface area contributed by atoms with Crippen LogP contribution in [0.2, 0.25) is 0 Å². The summed E-state index contributed by atoms with van der Waals surface area (Å²) in [4.78, 5) is 0. The maximum Gasteiger partial charge on any atom is 0.264 e. The summed E-state index contributed by atoms with van der Waals surface area (Å²) in [6.07, 6.45) is -10.7. The molecular formula is C6H11FO6. The van der Waals surface area contributed by atoms with E-state index < -0.39 is 36.4 Å². The molecule has 1 aliphatic rings. The predicted octanol–water partition coefficient (Wildman–Crippen LogP) is -3.54. The molecule has 0 aliphatic heterocycles. The fraction of sp³-hybridized carbons (Fsp3) is 1.00.